The van der Waals surface area contributed by atoms with Crippen molar-refractivity contribution >= 4 is 11.9 Å². The highest BCUT2D eigenvalue weighted by molar-refractivity contribution is 5.88. The van der Waals surface area contributed by atoms with Crippen molar-refractivity contribution in [1.29, 1.82) is 0 Å². The van der Waals surface area contributed by atoms with E-state index >= 15 is 0 Å². The monoisotopic (exact) mass is 344 g/mol. The molecule has 0 N–H and O–H groups in total. The lowest BCUT2D eigenvalue weighted by molar-refractivity contribution is -0.178. The second-order valence-corrected chi connectivity index (χ2v) is 4.78. The maximum atomic E-state index is 11.0. The van der Waals surface area contributed by atoms with Crippen molar-refractivity contribution in [2.45, 2.75) is 13.8 Å². The molecular weight excluding hydrogens is 323 g/mol. The summed E-state index contributed by atoms with van der Waals surface area (Å²) in [5, 5.41) is 0. The van der Waals surface area contributed by atoms with E-state index in [2.05, 4.69) is 18.1 Å². The fourth-order valence-electron chi connectivity index (χ4n) is 1.13. The van der Waals surface area contributed by atoms with E-state index in [1.54, 1.807) is 31.2 Å². The van der Waals surface area contributed by atoms with Crippen molar-refractivity contribution in [2.24, 2.45) is 0 Å². The van der Waals surface area contributed by atoms with Crippen LogP contribution in [0.5, 0.6) is 5.75 Å². The van der Waals surface area contributed by atoms with Crippen LogP contribution in [0.25, 0.3) is 0 Å². The molecular formula is C20H21FO4. The first kappa shape index (κ1) is 21.8. The van der Waals surface area contributed by atoms with Crippen LogP contribution in [-0.4, -0.2) is 11.9 Å². The normalized spacial score (nSPS) is 8.44. The number of rotatable bonds is 3. The summed E-state index contributed by atoms with van der Waals surface area (Å²) in [6, 6.07) is 20.9. The maximum Gasteiger partial charge on any atom is 0.374 e. The van der Waals surface area contributed by atoms with E-state index < -0.39 is 5.97 Å². The third-order valence-corrected chi connectivity index (χ3v) is 2.39. The Morgan fingerprint density at radius 1 is 0.760 bits per heavy atom. The molecule has 2 aromatic carbocycles. The molecule has 0 aromatic heterocycles. The Bertz CT molecular complexity index is 640. The van der Waals surface area contributed by atoms with Gasteiger partial charge in [0, 0.05) is 15.7 Å². The molecule has 4 nitrogen and oxygen atoms in total. The number of hydrogen-bond donors (Lipinski definition) is 0. The lowest BCUT2D eigenvalue weighted by Crippen LogP contribution is -2.07. The van der Waals surface area contributed by atoms with Crippen LogP contribution in [0.3, 0.4) is 0 Å². The van der Waals surface area contributed by atoms with Gasteiger partial charge in [0.1, 0.15) is 5.75 Å². The Balaban J connectivity index is 0.000000377. The van der Waals surface area contributed by atoms with Gasteiger partial charge in [0.15, 0.2) is 0 Å². The van der Waals surface area contributed by atoms with Crippen molar-refractivity contribution in [3.05, 3.63) is 91.0 Å². The standard InChI is InChI=1S/C10H10O2.C6H6.C4H5FO2/c1-8(2)10(11)12-9-6-4-3-5-7-9;1-2-4-6-5-3-1;1-3(2)4(6)7-5/h3-7H,1H2,2H3;1-6H;1H2,2H3. The smallest absolute Gasteiger partial charge is 0.374 e. The molecule has 0 aliphatic rings. The first-order valence-electron chi connectivity index (χ1n) is 7.29. The molecule has 0 saturated heterocycles. The van der Waals surface area contributed by atoms with Crippen LogP contribution in [0.4, 0.5) is 4.53 Å². The average molecular weight is 344 g/mol. The van der Waals surface area contributed by atoms with Crippen LogP contribution in [0.2, 0.25) is 0 Å². The lowest BCUT2D eigenvalue weighted by atomic mass is 10.3. The largest absolute Gasteiger partial charge is 0.423 e. The Hall–Kier alpha value is -3.21. The minimum absolute atomic E-state index is 0.0579. The van der Waals surface area contributed by atoms with Gasteiger partial charge < -0.3 is 4.74 Å². The fourth-order valence-corrected chi connectivity index (χ4v) is 1.13. The first-order valence-corrected chi connectivity index (χ1v) is 7.29. The van der Waals surface area contributed by atoms with Crippen LogP contribution in [0, 0.1) is 0 Å². The summed E-state index contributed by atoms with van der Waals surface area (Å²) in [6.07, 6.45) is 0. The Morgan fingerprint density at radius 3 is 1.40 bits per heavy atom. The molecule has 5 heteroatoms. The zero-order valence-electron chi connectivity index (χ0n) is 14.3. The predicted molar refractivity (Wildman–Crippen MR) is 95.3 cm³/mol. The van der Waals surface area contributed by atoms with Crippen LogP contribution in [0.1, 0.15) is 13.8 Å². The second kappa shape index (κ2) is 13.2. The van der Waals surface area contributed by atoms with Gasteiger partial charge in [-0.2, -0.15) is 0 Å². The molecule has 0 aliphatic carbocycles. The van der Waals surface area contributed by atoms with Gasteiger partial charge in [-0.25, -0.2) is 14.5 Å². The number of carbonyl (C=O) groups excluding carboxylic acids is 2. The second-order valence-electron chi connectivity index (χ2n) is 4.78. The highest BCUT2D eigenvalue weighted by Crippen LogP contribution is 2.09. The van der Waals surface area contributed by atoms with Gasteiger partial charge in [-0.1, -0.05) is 67.8 Å². The topological polar surface area (TPSA) is 52.6 Å². The summed E-state index contributed by atoms with van der Waals surface area (Å²) in [4.78, 5) is 23.6. The number of benzene rings is 2. The summed E-state index contributed by atoms with van der Waals surface area (Å²) in [6.45, 7) is 9.57. The molecule has 0 heterocycles. The number of hydrogen-bond acceptors (Lipinski definition) is 4. The molecule has 132 valence electrons. The summed E-state index contributed by atoms with van der Waals surface area (Å²) < 4.78 is 15.7. The van der Waals surface area contributed by atoms with Crippen molar-refractivity contribution in [1.82, 2.24) is 0 Å². The third kappa shape index (κ3) is 11.9. The van der Waals surface area contributed by atoms with Crippen LogP contribution in [-0.2, 0) is 14.5 Å². The van der Waals surface area contributed by atoms with E-state index in [1.165, 1.54) is 6.92 Å². The summed E-state index contributed by atoms with van der Waals surface area (Å²) in [7, 11) is 0. The van der Waals surface area contributed by atoms with Crippen LogP contribution >= 0.6 is 0 Å². The molecule has 0 fully saturated rings. The van der Waals surface area contributed by atoms with E-state index in [-0.39, 0.29) is 11.5 Å². The number of carbonyl (C=O) groups is 2. The van der Waals surface area contributed by atoms with Gasteiger partial charge in [0.2, 0.25) is 0 Å². The number of ether oxygens (including phenoxy) is 1. The Morgan fingerprint density at radius 2 is 1.12 bits per heavy atom. The Labute approximate surface area is 147 Å². The highest BCUT2D eigenvalue weighted by Gasteiger charge is 2.03. The molecule has 0 amide bonds. The molecule has 0 spiro atoms. The zero-order chi connectivity index (χ0) is 19.1. The van der Waals surface area contributed by atoms with E-state index in [0.717, 1.165) is 0 Å². The van der Waals surface area contributed by atoms with Gasteiger partial charge in [-0.15, -0.1) is 0 Å². The molecule has 0 bridgehead atoms. The van der Waals surface area contributed by atoms with Crippen molar-refractivity contribution in [3.8, 4) is 5.75 Å². The van der Waals surface area contributed by atoms with Crippen LogP contribution < -0.4 is 4.74 Å². The van der Waals surface area contributed by atoms with Crippen molar-refractivity contribution in [2.75, 3.05) is 0 Å². The third-order valence-electron chi connectivity index (χ3n) is 2.39. The quantitative estimate of drug-likeness (QED) is 0.454. The zero-order valence-corrected chi connectivity index (χ0v) is 14.3. The molecule has 0 radical (unpaired) electrons. The fraction of sp³-hybridized carbons (Fsp3) is 0.100. The molecule has 25 heavy (non-hydrogen) atoms. The Kier molecular flexibility index (Phi) is 11.5. The van der Waals surface area contributed by atoms with Gasteiger partial charge in [0.25, 0.3) is 0 Å². The predicted octanol–water partition coefficient (Wildman–Crippen LogP) is 4.84. The number of halogens is 1. The van der Waals surface area contributed by atoms with E-state index in [4.69, 9.17) is 4.74 Å². The lowest BCUT2D eigenvalue weighted by Gasteiger charge is -2.01. The summed E-state index contributed by atoms with van der Waals surface area (Å²) >= 11 is 0. The van der Waals surface area contributed by atoms with Crippen molar-refractivity contribution in [3.63, 3.8) is 0 Å². The molecule has 0 aliphatic heterocycles. The van der Waals surface area contributed by atoms with E-state index in [1.807, 2.05) is 42.5 Å². The average Bonchev–Trinajstić information content (AvgIpc) is 2.64. The summed E-state index contributed by atoms with van der Waals surface area (Å²) in [5.74, 6) is -0.855. The highest BCUT2D eigenvalue weighted by atomic mass is 19.3. The van der Waals surface area contributed by atoms with Gasteiger partial charge in [-0.05, 0) is 26.0 Å². The SMILES string of the molecule is C=C(C)C(=O)OF.C=C(C)C(=O)Oc1ccccc1.c1ccccc1. The number of para-hydroxylation sites is 1. The van der Waals surface area contributed by atoms with Crippen LogP contribution in [0.15, 0.2) is 91.0 Å². The number of esters is 1. The minimum Gasteiger partial charge on any atom is -0.423 e. The summed E-state index contributed by atoms with van der Waals surface area (Å²) in [5.41, 5.74) is 0.460. The van der Waals surface area contributed by atoms with E-state index in [9.17, 15) is 14.1 Å². The first-order chi connectivity index (χ1) is 11.9. The molecule has 2 aromatic rings. The maximum absolute atomic E-state index is 11.0. The molecule has 0 atom stereocenters. The van der Waals surface area contributed by atoms with Crippen molar-refractivity contribution < 1.29 is 23.8 Å². The van der Waals surface area contributed by atoms with Gasteiger partial charge in [0.05, 0.1) is 0 Å². The molecule has 0 saturated carbocycles. The van der Waals surface area contributed by atoms with Gasteiger partial charge >= 0.3 is 11.9 Å². The van der Waals surface area contributed by atoms with Gasteiger partial charge in [-0.3, -0.25) is 0 Å². The van der Waals surface area contributed by atoms with E-state index in [0.29, 0.717) is 11.3 Å². The molecule has 0 unspecified atom stereocenters. The minimum atomic E-state index is -1.01. The molecule has 2 rings (SSSR count).